The van der Waals surface area contributed by atoms with E-state index in [4.69, 9.17) is 4.74 Å². The lowest BCUT2D eigenvalue weighted by Crippen LogP contribution is -2.13. The van der Waals surface area contributed by atoms with Crippen molar-refractivity contribution in [2.45, 2.75) is 6.92 Å². The van der Waals surface area contributed by atoms with Gasteiger partial charge in [0.05, 0.1) is 12.0 Å². The van der Waals surface area contributed by atoms with Gasteiger partial charge in [0.1, 0.15) is 22.7 Å². The molecular formula is C15H13N3O2S. The fourth-order valence-corrected chi connectivity index (χ4v) is 2.67. The molecular weight excluding hydrogens is 286 g/mol. The first kappa shape index (κ1) is 13.5. The summed E-state index contributed by atoms with van der Waals surface area (Å²) >= 11 is 1.51. The number of hydrogen-bond donors (Lipinski definition) is 1. The number of carbonyl (C=O) groups is 1. The fraction of sp³-hybridized carbons (Fsp3) is 0.133. The molecule has 1 amide bonds. The van der Waals surface area contributed by atoms with Crippen molar-refractivity contribution in [2.75, 3.05) is 11.9 Å². The molecule has 0 aliphatic heterocycles. The summed E-state index contributed by atoms with van der Waals surface area (Å²) < 4.78 is 5.36. The molecule has 0 aliphatic carbocycles. The van der Waals surface area contributed by atoms with Crippen molar-refractivity contribution in [3.05, 3.63) is 47.6 Å². The van der Waals surface area contributed by atoms with Crippen LogP contribution in [0.5, 0.6) is 5.75 Å². The second-order valence-electron chi connectivity index (χ2n) is 4.27. The lowest BCUT2D eigenvalue weighted by Gasteiger charge is -2.06. The Morgan fingerprint density at radius 3 is 2.81 bits per heavy atom. The summed E-state index contributed by atoms with van der Waals surface area (Å²) in [5.41, 5.74) is 0.556. The number of thiophene rings is 1. The van der Waals surface area contributed by atoms with Crippen LogP contribution in [0.3, 0.4) is 0 Å². The number of anilines is 1. The maximum atomic E-state index is 12.2. The monoisotopic (exact) mass is 299 g/mol. The summed E-state index contributed by atoms with van der Waals surface area (Å²) in [6.07, 6.45) is 1.45. The molecule has 0 fully saturated rings. The first-order chi connectivity index (χ1) is 10.3. The van der Waals surface area contributed by atoms with Gasteiger partial charge >= 0.3 is 0 Å². The van der Waals surface area contributed by atoms with E-state index in [9.17, 15) is 4.79 Å². The number of fused-ring (bicyclic) bond motifs is 1. The molecule has 0 unspecified atom stereocenters. The number of nitrogens with one attached hydrogen (secondary N) is 1. The third kappa shape index (κ3) is 2.85. The summed E-state index contributed by atoms with van der Waals surface area (Å²) in [4.78, 5) is 21.4. The van der Waals surface area contributed by atoms with Gasteiger partial charge in [-0.25, -0.2) is 9.97 Å². The van der Waals surface area contributed by atoms with Crippen LogP contribution in [-0.4, -0.2) is 22.5 Å². The summed E-state index contributed by atoms with van der Waals surface area (Å²) in [5.74, 6) is 1.07. The normalized spacial score (nSPS) is 10.5. The molecule has 0 saturated carbocycles. The number of benzene rings is 1. The van der Waals surface area contributed by atoms with Gasteiger partial charge in [0.15, 0.2) is 0 Å². The third-order valence-electron chi connectivity index (χ3n) is 2.92. The molecule has 2 heterocycles. The molecule has 3 rings (SSSR count). The van der Waals surface area contributed by atoms with Gasteiger partial charge in [-0.05, 0) is 42.6 Å². The zero-order valence-corrected chi connectivity index (χ0v) is 12.2. The second-order valence-corrected chi connectivity index (χ2v) is 5.17. The van der Waals surface area contributed by atoms with E-state index in [1.165, 1.54) is 17.7 Å². The van der Waals surface area contributed by atoms with Crippen molar-refractivity contribution < 1.29 is 9.53 Å². The van der Waals surface area contributed by atoms with Gasteiger partial charge in [-0.3, -0.25) is 4.79 Å². The minimum absolute atomic E-state index is 0.204. The van der Waals surface area contributed by atoms with Crippen LogP contribution in [-0.2, 0) is 0 Å². The summed E-state index contributed by atoms with van der Waals surface area (Å²) in [6.45, 7) is 2.52. The van der Waals surface area contributed by atoms with E-state index in [0.717, 1.165) is 16.0 Å². The highest BCUT2D eigenvalue weighted by molar-refractivity contribution is 7.16. The number of aromatic nitrogens is 2. The number of ether oxygens (including phenoxy) is 1. The minimum Gasteiger partial charge on any atom is -0.494 e. The Bertz CT molecular complexity index is 768. The molecule has 106 valence electrons. The highest BCUT2D eigenvalue weighted by atomic mass is 32.1. The summed E-state index contributed by atoms with van der Waals surface area (Å²) in [6, 6.07) is 8.91. The number of amides is 1. The first-order valence-electron chi connectivity index (χ1n) is 6.50. The molecule has 1 aromatic carbocycles. The van der Waals surface area contributed by atoms with Crippen molar-refractivity contribution in [3.63, 3.8) is 0 Å². The molecule has 0 bridgehead atoms. The topological polar surface area (TPSA) is 64.1 Å². The van der Waals surface area contributed by atoms with Crippen LogP contribution in [0.4, 0.5) is 5.82 Å². The Balaban J connectivity index is 1.81. The first-order valence-corrected chi connectivity index (χ1v) is 7.38. The number of carbonyl (C=O) groups excluding carboxylic acids is 1. The van der Waals surface area contributed by atoms with Crippen LogP contribution < -0.4 is 10.1 Å². The molecule has 3 aromatic rings. The molecule has 0 spiro atoms. The number of hydrogen-bond acceptors (Lipinski definition) is 5. The zero-order chi connectivity index (χ0) is 14.7. The third-order valence-corrected chi connectivity index (χ3v) is 3.74. The van der Waals surface area contributed by atoms with Crippen LogP contribution in [0.25, 0.3) is 10.2 Å². The standard InChI is InChI=1S/C15H13N3O2S/c1-2-20-11-5-3-10(4-6-11)14(19)18-13-12-7-8-21-15(12)17-9-16-13/h3-9H,2H2,1H3,(H,16,17,18,19). The molecule has 0 aliphatic rings. The van der Waals surface area contributed by atoms with Gasteiger partial charge < -0.3 is 10.1 Å². The van der Waals surface area contributed by atoms with Gasteiger partial charge in [0.2, 0.25) is 0 Å². The Kier molecular flexibility index (Phi) is 3.79. The predicted octanol–water partition coefficient (Wildman–Crippen LogP) is 3.34. The van der Waals surface area contributed by atoms with Gasteiger partial charge in [-0.15, -0.1) is 11.3 Å². The van der Waals surface area contributed by atoms with Gasteiger partial charge in [0.25, 0.3) is 5.91 Å². The molecule has 5 nitrogen and oxygen atoms in total. The van der Waals surface area contributed by atoms with Crippen molar-refractivity contribution in [1.29, 1.82) is 0 Å². The quantitative estimate of drug-likeness (QED) is 0.802. The van der Waals surface area contributed by atoms with E-state index >= 15 is 0 Å². The van der Waals surface area contributed by atoms with Gasteiger partial charge in [-0.1, -0.05) is 0 Å². The Morgan fingerprint density at radius 1 is 1.24 bits per heavy atom. The van der Waals surface area contributed by atoms with E-state index in [2.05, 4.69) is 15.3 Å². The van der Waals surface area contributed by atoms with Crippen LogP contribution in [0.15, 0.2) is 42.0 Å². The Labute approximate surface area is 125 Å². The maximum Gasteiger partial charge on any atom is 0.256 e. The number of nitrogens with zero attached hydrogens (tertiary/aromatic N) is 2. The van der Waals surface area contributed by atoms with Crippen molar-refractivity contribution in [3.8, 4) is 5.75 Å². The van der Waals surface area contributed by atoms with E-state index < -0.39 is 0 Å². The highest BCUT2D eigenvalue weighted by Gasteiger charge is 2.10. The lowest BCUT2D eigenvalue weighted by atomic mass is 10.2. The molecule has 1 N–H and O–H groups in total. The van der Waals surface area contributed by atoms with Crippen molar-refractivity contribution in [1.82, 2.24) is 9.97 Å². The molecule has 0 atom stereocenters. The second kappa shape index (κ2) is 5.88. The van der Waals surface area contributed by atoms with Gasteiger partial charge in [0, 0.05) is 5.56 Å². The highest BCUT2D eigenvalue weighted by Crippen LogP contribution is 2.24. The van der Waals surface area contributed by atoms with E-state index in [1.807, 2.05) is 18.4 Å². The van der Waals surface area contributed by atoms with E-state index in [0.29, 0.717) is 18.0 Å². The molecule has 6 heteroatoms. The SMILES string of the molecule is CCOc1ccc(C(=O)Nc2ncnc3sccc23)cc1. The smallest absolute Gasteiger partial charge is 0.256 e. The molecule has 21 heavy (non-hydrogen) atoms. The molecule has 0 radical (unpaired) electrons. The molecule has 2 aromatic heterocycles. The summed E-state index contributed by atoms with van der Waals surface area (Å²) in [7, 11) is 0. The van der Waals surface area contributed by atoms with E-state index in [1.54, 1.807) is 24.3 Å². The average molecular weight is 299 g/mol. The predicted molar refractivity (Wildman–Crippen MR) is 83.0 cm³/mol. The van der Waals surface area contributed by atoms with Crippen LogP contribution in [0.1, 0.15) is 17.3 Å². The average Bonchev–Trinajstić information content (AvgIpc) is 2.98. The van der Waals surface area contributed by atoms with Crippen LogP contribution >= 0.6 is 11.3 Å². The minimum atomic E-state index is -0.204. The zero-order valence-electron chi connectivity index (χ0n) is 11.4. The number of rotatable bonds is 4. The van der Waals surface area contributed by atoms with Gasteiger partial charge in [-0.2, -0.15) is 0 Å². The van der Waals surface area contributed by atoms with Crippen molar-refractivity contribution >= 4 is 33.3 Å². The fourth-order valence-electron chi connectivity index (χ4n) is 1.94. The Hall–Kier alpha value is -2.47. The van der Waals surface area contributed by atoms with Crippen LogP contribution in [0.2, 0.25) is 0 Å². The largest absolute Gasteiger partial charge is 0.494 e. The summed E-state index contributed by atoms with van der Waals surface area (Å²) in [5, 5.41) is 5.59. The lowest BCUT2D eigenvalue weighted by molar-refractivity contribution is 0.102. The van der Waals surface area contributed by atoms with Crippen LogP contribution in [0, 0.1) is 0 Å². The van der Waals surface area contributed by atoms with E-state index in [-0.39, 0.29) is 5.91 Å². The molecule has 0 saturated heterocycles. The van der Waals surface area contributed by atoms with Crippen molar-refractivity contribution in [2.24, 2.45) is 0 Å². The maximum absolute atomic E-state index is 12.2. The Morgan fingerprint density at radius 2 is 2.05 bits per heavy atom.